The van der Waals surface area contributed by atoms with Crippen molar-refractivity contribution in [3.05, 3.63) is 95.1 Å². The highest BCUT2D eigenvalue weighted by molar-refractivity contribution is 5.83. The number of nitriles is 1. The Morgan fingerprint density at radius 2 is 1.50 bits per heavy atom. The highest BCUT2D eigenvalue weighted by Gasteiger charge is 2.26. The fourth-order valence-corrected chi connectivity index (χ4v) is 4.03. The van der Waals surface area contributed by atoms with Crippen molar-refractivity contribution in [1.82, 2.24) is 0 Å². The Hall–Kier alpha value is -3.51. The summed E-state index contributed by atoms with van der Waals surface area (Å²) in [6.45, 7) is 8.48. The van der Waals surface area contributed by atoms with E-state index in [1.54, 1.807) is 0 Å². The average molecular weight is 365 g/mol. The largest absolute Gasteiger partial charge is 0.222 e. The first-order valence-electron chi connectivity index (χ1n) is 9.45. The Bertz CT molecular complexity index is 1260. The minimum Gasteiger partial charge on any atom is -0.192 e. The Morgan fingerprint density at radius 3 is 2.25 bits per heavy atom. The summed E-state index contributed by atoms with van der Waals surface area (Å²) in [5, 5.41) is 12.1. The standard InChI is InChI=1S/C25H23N3/c1-17-9-7-8-12-27(17)24-14-21(16-26)15-25(19(24)3)28-18(2)13-22-10-5-6-11-23(22)20(28)4/h5-15H,1-4H3/q+2. The van der Waals surface area contributed by atoms with Crippen molar-refractivity contribution in [3.8, 4) is 17.4 Å². The van der Waals surface area contributed by atoms with E-state index in [0.717, 1.165) is 28.3 Å². The van der Waals surface area contributed by atoms with Crippen molar-refractivity contribution in [3.63, 3.8) is 0 Å². The van der Waals surface area contributed by atoms with Gasteiger partial charge in [-0.15, -0.1) is 0 Å². The van der Waals surface area contributed by atoms with Gasteiger partial charge in [-0.3, -0.25) is 0 Å². The normalized spacial score (nSPS) is 10.8. The summed E-state index contributed by atoms with van der Waals surface area (Å²) in [4.78, 5) is 0. The third-order valence-corrected chi connectivity index (χ3v) is 5.45. The van der Waals surface area contributed by atoms with E-state index in [-0.39, 0.29) is 0 Å². The lowest BCUT2D eigenvalue weighted by atomic mass is 10.0. The van der Waals surface area contributed by atoms with E-state index in [1.165, 1.54) is 16.5 Å². The second kappa shape index (κ2) is 6.90. The zero-order chi connectivity index (χ0) is 19.8. The van der Waals surface area contributed by atoms with Gasteiger partial charge in [0.25, 0.3) is 0 Å². The van der Waals surface area contributed by atoms with Gasteiger partial charge < -0.3 is 0 Å². The zero-order valence-corrected chi connectivity index (χ0v) is 16.7. The van der Waals surface area contributed by atoms with E-state index in [9.17, 15) is 5.26 Å². The van der Waals surface area contributed by atoms with Gasteiger partial charge >= 0.3 is 0 Å². The van der Waals surface area contributed by atoms with Crippen LogP contribution in [0.5, 0.6) is 0 Å². The molecule has 2 aromatic carbocycles. The number of nitrogens with zero attached hydrogens (tertiary/aromatic N) is 3. The molecule has 28 heavy (non-hydrogen) atoms. The molecule has 0 fully saturated rings. The Morgan fingerprint density at radius 1 is 0.786 bits per heavy atom. The van der Waals surface area contributed by atoms with Crippen LogP contribution in [0.25, 0.3) is 22.1 Å². The number of pyridine rings is 2. The first kappa shape index (κ1) is 17.9. The van der Waals surface area contributed by atoms with Crippen LogP contribution in [-0.2, 0) is 0 Å². The molecule has 0 aliphatic carbocycles. The van der Waals surface area contributed by atoms with Crippen LogP contribution in [0.15, 0.2) is 66.9 Å². The number of fused-ring (bicyclic) bond motifs is 1. The van der Waals surface area contributed by atoms with Gasteiger partial charge in [0.15, 0.2) is 23.3 Å². The van der Waals surface area contributed by atoms with Crippen molar-refractivity contribution < 1.29 is 9.13 Å². The van der Waals surface area contributed by atoms with Crippen LogP contribution >= 0.6 is 0 Å². The maximum absolute atomic E-state index is 9.68. The lowest BCUT2D eigenvalue weighted by Gasteiger charge is -2.11. The second-order valence-corrected chi connectivity index (χ2v) is 7.26. The zero-order valence-electron chi connectivity index (χ0n) is 16.7. The molecule has 4 aromatic rings. The number of benzene rings is 2. The summed E-state index contributed by atoms with van der Waals surface area (Å²) >= 11 is 0. The summed E-state index contributed by atoms with van der Waals surface area (Å²) in [5.74, 6) is 0. The molecule has 0 bridgehead atoms. The van der Waals surface area contributed by atoms with Gasteiger partial charge in [0.05, 0.1) is 17.2 Å². The molecule has 136 valence electrons. The molecule has 0 saturated carbocycles. The molecule has 0 aliphatic heterocycles. The van der Waals surface area contributed by atoms with Gasteiger partial charge in [-0.25, -0.2) is 0 Å². The molecule has 4 rings (SSSR count). The minimum atomic E-state index is 0.658. The first-order valence-corrected chi connectivity index (χ1v) is 9.45. The summed E-state index contributed by atoms with van der Waals surface area (Å²) in [5.41, 5.74) is 7.33. The van der Waals surface area contributed by atoms with Crippen LogP contribution < -0.4 is 9.13 Å². The van der Waals surface area contributed by atoms with E-state index >= 15 is 0 Å². The number of aromatic nitrogens is 2. The van der Waals surface area contributed by atoms with E-state index in [2.05, 4.69) is 79.3 Å². The number of rotatable bonds is 2. The Kier molecular flexibility index (Phi) is 4.41. The van der Waals surface area contributed by atoms with Crippen LogP contribution in [0, 0.1) is 39.0 Å². The molecule has 0 radical (unpaired) electrons. The van der Waals surface area contributed by atoms with Crippen molar-refractivity contribution in [2.24, 2.45) is 0 Å². The fraction of sp³-hybridized carbons (Fsp3) is 0.160. The van der Waals surface area contributed by atoms with Gasteiger partial charge in [-0.2, -0.15) is 14.4 Å². The van der Waals surface area contributed by atoms with Crippen LogP contribution in [0.3, 0.4) is 0 Å². The number of aryl methyl sites for hydroxylation is 3. The van der Waals surface area contributed by atoms with E-state index in [0.29, 0.717) is 5.56 Å². The predicted molar refractivity (Wildman–Crippen MR) is 111 cm³/mol. The molecule has 0 amide bonds. The monoisotopic (exact) mass is 365 g/mol. The summed E-state index contributed by atoms with van der Waals surface area (Å²) in [6, 6.07) is 23.1. The van der Waals surface area contributed by atoms with Crippen molar-refractivity contribution in [2.75, 3.05) is 0 Å². The number of hydrogen-bond acceptors (Lipinski definition) is 1. The smallest absolute Gasteiger partial charge is 0.192 e. The molecule has 3 nitrogen and oxygen atoms in total. The Balaban J connectivity index is 2.07. The lowest BCUT2D eigenvalue weighted by Crippen LogP contribution is -2.41. The van der Waals surface area contributed by atoms with Crippen molar-refractivity contribution >= 4 is 10.8 Å². The quantitative estimate of drug-likeness (QED) is 0.481. The third kappa shape index (κ3) is 2.84. The van der Waals surface area contributed by atoms with Crippen LogP contribution in [0.1, 0.15) is 28.2 Å². The van der Waals surface area contributed by atoms with E-state index in [4.69, 9.17) is 0 Å². The molecular weight excluding hydrogens is 342 g/mol. The molecular formula is C25H23N3+2. The van der Waals surface area contributed by atoms with Gasteiger partial charge in [-0.1, -0.05) is 24.3 Å². The molecule has 0 atom stereocenters. The highest BCUT2D eigenvalue weighted by atomic mass is 15.0. The Labute approximate surface area is 165 Å². The molecule has 0 spiro atoms. The topological polar surface area (TPSA) is 31.5 Å². The SMILES string of the molecule is Cc1c(-[n+]2ccccc2C)cc(C#N)cc1-[n+]1c(C)cc2ccccc2c1C. The van der Waals surface area contributed by atoms with Crippen LogP contribution in [-0.4, -0.2) is 0 Å². The van der Waals surface area contributed by atoms with Crippen LogP contribution in [0.4, 0.5) is 0 Å². The second-order valence-electron chi connectivity index (χ2n) is 7.26. The molecule has 0 N–H and O–H groups in total. The fourth-order valence-electron chi connectivity index (χ4n) is 4.03. The van der Waals surface area contributed by atoms with Crippen LogP contribution in [0.2, 0.25) is 0 Å². The van der Waals surface area contributed by atoms with E-state index < -0.39 is 0 Å². The maximum Gasteiger partial charge on any atom is 0.222 e. The van der Waals surface area contributed by atoms with E-state index in [1.807, 2.05) is 30.5 Å². The van der Waals surface area contributed by atoms with Gasteiger partial charge in [0, 0.05) is 56.5 Å². The first-order chi connectivity index (χ1) is 13.5. The summed E-state index contributed by atoms with van der Waals surface area (Å²) in [6.07, 6.45) is 2.05. The molecule has 0 saturated heterocycles. The molecule has 3 heteroatoms. The number of hydrogen-bond donors (Lipinski definition) is 0. The van der Waals surface area contributed by atoms with Crippen molar-refractivity contribution in [2.45, 2.75) is 27.7 Å². The average Bonchev–Trinajstić information content (AvgIpc) is 2.70. The maximum atomic E-state index is 9.68. The minimum absolute atomic E-state index is 0.658. The molecule has 0 unspecified atom stereocenters. The highest BCUT2D eigenvalue weighted by Crippen LogP contribution is 2.22. The lowest BCUT2D eigenvalue weighted by molar-refractivity contribution is -0.614. The van der Waals surface area contributed by atoms with Gasteiger partial charge in [-0.05, 0) is 18.4 Å². The van der Waals surface area contributed by atoms with Gasteiger partial charge in [0.2, 0.25) is 11.4 Å². The van der Waals surface area contributed by atoms with Gasteiger partial charge in [0.1, 0.15) is 0 Å². The molecule has 0 aliphatic rings. The van der Waals surface area contributed by atoms with Crippen molar-refractivity contribution in [1.29, 1.82) is 5.26 Å². The third-order valence-electron chi connectivity index (χ3n) is 5.45. The summed E-state index contributed by atoms with van der Waals surface area (Å²) < 4.78 is 4.41. The molecule has 2 heterocycles. The molecule has 2 aromatic heterocycles. The summed E-state index contributed by atoms with van der Waals surface area (Å²) in [7, 11) is 0. The predicted octanol–water partition coefficient (Wildman–Crippen LogP) is 4.50.